The lowest BCUT2D eigenvalue weighted by molar-refractivity contribution is -0.123. The molecule has 0 spiro atoms. The van der Waals surface area contributed by atoms with Gasteiger partial charge in [0.1, 0.15) is 0 Å². The van der Waals surface area contributed by atoms with Crippen molar-refractivity contribution in [2.75, 3.05) is 0 Å². The summed E-state index contributed by atoms with van der Waals surface area (Å²) >= 11 is 3.47. The molecule has 1 fully saturated rings. The summed E-state index contributed by atoms with van der Waals surface area (Å²) in [5.74, 6) is 0.118. The lowest BCUT2D eigenvalue weighted by Crippen LogP contribution is -2.34. The Morgan fingerprint density at radius 2 is 2.00 bits per heavy atom. The van der Waals surface area contributed by atoms with Crippen LogP contribution in [0.25, 0.3) is 0 Å². The molecule has 3 rings (SSSR count). The van der Waals surface area contributed by atoms with E-state index in [4.69, 9.17) is 0 Å². The van der Waals surface area contributed by atoms with Crippen LogP contribution in [0, 0.1) is 0 Å². The van der Waals surface area contributed by atoms with Gasteiger partial charge in [0.15, 0.2) is 0 Å². The molecule has 0 aliphatic heterocycles. The van der Waals surface area contributed by atoms with E-state index in [0.717, 1.165) is 28.4 Å². The van der Waals surface area contributed by atoms with Gasteiger partial charge in [-0.05, 0) is 48.2 Å². The molecule has 1 heterocycles. The smallest absolute Gasteiger partial charge is 0.230 e. The number of hydrogen-bond acceptors (Lipinski definition) is 2. The summed E-state index contributed by atoms with van der Waals surface area (Å²) in [7, 11) is 0. The van der Waals surface area contributed by atoms with E-state index in [2.05, 4.69) is 26.2 Å². The molecular weight excluding hydrogens is 316 g/mol. The topological polar surface area (TPSA) is 42.0 Å². The number of aromatic nitrogens is 1. The summed E-state index contributed by atoms with van der Waals surface area (Å²) in [4.78, 5) is 16.4. The molecule has 0 unspecified atom stereocenters. The third-order valence-electron chi connectivity index (χ3n) is 3.76. The highest BCUT2D eigenvalue weighted by Crippen LogP contribution is 2.48. The van der Waals surface area contributed by atoms with Crippen molar-refractivity contribution in [1.29, 1.82) is 0 Å². The van der Waals surface area contributed by atoms with Crippen LogP contribution in [-0.4, -0.2) is 10.9 Å². The molecule has 20 heavy (non-hydrogen) atoms. The fourth-order valence-corrected chi connectivity index (χ4v) is 2.81. The Hall–Kier alpha value is -1.68. The van der Waals surface area contributed by atoms with E-state index in [1.807, 2.05) is 36.4 Å². The molecule has 1 aliphatic rings. The van der Waals surface area contributed by atoms with E-state index in [-0.39, 0.29) is 11.3 Å². The zero-order chi connectivity index (χ0) is 14.0. The van der Waals surface area contributed by atoms with Crippen molar-refractivity contribution in [2.24, 2.45) is 0 Å². The third-order valence-corrected chi connectivity index (χ3v) is 4.26. The van der Waals surface area contributed by atoms with E-state index in [0.29, 0.717) is 6.54 Å². The molecule has 1 saturated carbocycles. The summed E-state index contributed by atoms with van der Waals surface area (Å²) < 4.78 is 1.02. The average Bonchev–Trinajstić information content (AvgIpc) is 3.28. The van der Waals surface area contributed by atoms with Crippen LogP contribution in [0.5, 0.6) is 0 Å². The Labute approximate surface area is 126 Å². The van der Waals surface area contributed by atoms with E-state index >= 15 is 0 Å². The summed E-state index contributed by atoms with van der Waals surface area (Å²) in [5.41, 5.74) is 1.84. The summed E-state index contributed by atoms with van der Waals surface area (Å²) in [6.45, 7) is 0.553. The summed E-state index contributed by atoms with van der Waals surface area (Å²) in [5, 5.41) is 3.04. The van der Waals surface area contributed by atoms with Crippen LogP contribution in [-0.2, 0) is 16.8 Å². The normalized spacial score (nSPS) is 15.7. The minimum Gasteiger partial charge on any atom is -0.351 e. The zero-order valence-corrected chi connectivity index (χ0v) is 12.6. The first-order chi connectivity index (χ1) is 9.71. The van der Waals surface area contributed by atoms with Crippen LogP contribution in [0.1, 0.15) is 24.0 Å². The molecule has 0 saturated heterocycles. The molecule has 0 atom stereocenters. The fraction of sp³-hybridized carbons (Fsp3) is 0.250. The maximum Gasteiger partial charge on any atom is 0.230 e. The molecule has 0 bridgehead atoms. The highest BCUT2D eigenvalue weighted by Gasteiger charge is 2.51. The van der Waals surface area contributed by atoms with E-state index in [1.54, 1.807) is 12.4 Å². The number of nitrogens with zero attached hydrogens (tertiary/aromatic N) is 1. The van der Waals surface area contributed by atoms with E-state index < -0.39 is 0 Å². The predicted molar refractivity (Wildman–Crippen MR) is 81.1 cm³/mol. The molecule has 1 N–H and O–H groups in total. The number of nitrogens with one attached hydrogen (secondary N) is 1. The summed E-state index contributed by atoms with van der Waals surface area (Å²) in [6.07, 6.45) is 5.32. The predicted octanol–water partition coefficient (Wildman–Crippen LogP) is 3.19. The van der Waals surface area contributed by atoms with Gasteiger partial charge in [0.05, 0.1) is 5.41 Å². The zero-order valence-electron chi connectivity index (χ0n) is 11.0. The van der Waals surface area contributed by atoms with Crippen LogP contribution < -0.4 is 5.32 Å². The lowest BCUT2D eigenvalue weighted by atomic mass is 9.95. The number of carbonyl (C=O) groups excluding carboxylic acids is 1. The number of carbonyl (C=O) groups is 1. The molecule has 1 aromatic carbocycles. The molecular formula is C16H15BrN2O. The van der Waals surface area contributed by atoms with Gasteiger partial charge >= 0.3 is 0 Å². The van der Waals surface area contributed by atoms with Gasteiger partial charge in [0, 0.05) is 23.4 Å². The first-order valence-electron chi connectivity index (χ1n) is 6.64. The molecule has 0 radical (unpaired) electrons. The van der Waals surface area contributed by atoms with Crippen molar-refractivity contribution in [1.82, 2.24) is 10.3 Å². The van der Waals surface area contributed by atoms with Crippen LogP contribution in [0.3, 0.4) is 0 Å². The van der Waals surface area contributed by atoms with E-state index in [9.17, 15) is 4.79 Å². The molecule has 1 aliphatic carbocycles. The van der Waals surface area contributed by atoms with Gasteiger partial charge in [-0.3, -0.25) is 9.78 Å². The Morgan fingerprint density at radius 1 is 1.25 bits per heavy atom. The van der Waals surface area contributed by atoms with Crippen LogP contribution in [0.4, 0.5) is 0 Å². The van der Waals surface area contributed by atoms with Crippen LogP contribution >= 0.6 is 15.9 Å². The molecule has 1 amide bonds. The average molecular weight is 331 g/mol. The first-order valence-corrected chi connectivity index (χ1v) is 7.43. The molecule has 2 aromatic rings. The number of benzene rings is 1. The first kappa shape index (κ1) is 13.3. The maximum absolute atomic E-state index is 12.5. The van der Waals surface area contributed by atoms with E-state index in [1.165, 1.54) is 0 Å². The van der Waals surface area contributed by atoms with Crippen LogP contribution in [0.2, 0.25) is 0 Å². The molecule has 1 aromatic heterocycles. The van der Waals surface area contributed by atoms with Gasteiger partial charge in [-0.2, -0.15) is 0 Å². The van der Waals surface area contributed by atoms with Crippen molar-refractivity contribution < 1.29 is 4.79 Å². The van der Waals surface area contributed by atoms with Gasteiger partial charge < -0.3 is 5.32 Å². The van der Waals surface area contributed by atoms with Gasteiger partial charge in [0.25, 0.3) is 0 Å². The molecule has 102 valence electrons. The van der Waals surface area contributed by atoms with Gasteiger partial charge in [-0.15, -0.1) is 0 Å². The quantitative estimate of drug-likeness (QED) is 0.935. The van der Waals surface area contributed by atoms with Crippen molar-refractivity contribution in [2.45, 2.75) is 24.8 Å². The number of amides is 1. The van der Waals surface area contributed by atoms with Crippen molar-refractivity contribution in [3.8, 4) is 0 Å². The van der Waals surface area contributed by atoms with Gasteiger partial charge in [0.2, 0.25) is 5.91 Å². The number of hydrogen-bond donors (Lipinski definition) is 1. The standard InChI is InChI=1S/C16H15BrN2O/c17-14-3-1-2-13(10-14)16(6-7-16)15(20)19-11-12-4-8-18-9-5-12/h1-5,8-10H,6-7,11H2,(H,19,20). The monoisotopic (exact) mass is 330 g/mol. The van der Waals surface area contributed by atoms with Crippen molar-refractivity contribution in [3.63, 3.8) is 0 Å². The second-order valence-corrected chi connectivity index (χ2v) is 6.05. The number of pyridine rings is 1. The third kappa shape index (κ3) is 2.61. The minimum atomic E-state index is -0.323. The Morgan fingerprint density at radius 3 is 2.65 bits per heavy atom. The minimum absolute atomic E-state index is 0.118. The SMILES string of the molecule is O=C(NCc1ccncc1)C1(c2cccc(Br)c2)CC1. The van der Waals surface area contributed by atoms with Gasteiger partial charge in [-0.25, -0.2) is 0 Å². The second kappa shape index (κ2) is 5.37. The second-order valence-electron chi connectivity index (χ2n) is 5.13. The lowest BCUT2D eigenvalue weighted by Gasteiger charge is -2.16. The highest BCUT2D eigenvalue weighted by molar-refractivity contribution is 9.10. The van der Waals surface area contributed by atoms with Crippen LogP contribution in [0.15, 0.2) is 53.3 Å². The van der Waals surface area contributed by atoms with Crippen molar-refractivity contribution in [3.05, 3.63) is 64.4 Å². The number of halogens is 1. The van der Waals surface area contributed by atoms with Crippen molar-refractivity contribution >= 4 is 21.8 Å². The molecule has 3 nitrogen and oxygen atoms in total. The summed E-state index contributed by atoms with van der Waals surface area (Å²) in [6, 6.07) is 11.9. The highest BCUT2D eigenvalue weighted by atomic mass is 79.9. The fourth-order valence-electron chi connectivity index (χ4n) is 2.41. The largest absolute Gasteiger partial charge is 0.351 e. The maximum atomic E-state index is 12.5. The Kier molecular flexibility index (Phi) is 3.57. The Bertz CT molecular complexity index is 623. The Balaban J connectivity index is 1.71. The number of rotatable bonds is 4. The van der Waals surface area contributed by atoms with Gasteiger partial charge in [-0.1, -0.05) is 28.1 Å². The molecule has 4 heteroatoms.